The Kier molecular flexibility index (Phi) is 7.82. The van der Waals surface area contributed by atoms with Crippen LogP contribution < -0.4 is 9.47 Å². The number of benzene rings is 3. The molecule has 0 amide bonds. The summed E-state index contributed by atoms with van der Waals surface area (Å²) in [5, 5.41) is 10.3. The van der Waals surface area contributed by atoms with E-state index in [1.807, 2.05) is 19.1 Å². The van der Waals surface area contributed by atoms with E-state index in [4.69, 9.17) is 9.47 Å². The number of carbonyl (C=O) groups is 1. The van der Waals surface area contributed by atoms with Crippen molar-refractivity contribution in [3.63, 3.8) is 0 Å². The minimum Gasteiger partial charge on any atom is -0.507 e. The molecule has 3 aromatic carbocycles. The fourth-order valence-corrected chi connectivity index (χ4v) is 2.95. The highest BCUT2D eigenvalue weighted by Crippen LogP contribution is 2.24. The van der Waals surface area contributed by atoms with Gasteiger partial charge in [0, 0.05) is 17.8 Å². The van der Waals surface area contributed by atoms with Crippen LogP contribution in [0, 0.1) is 0 Å². The molecule has 0 heterocycles. The lowest BCUT2D eigenvalue weighted by atomic mass is 10.1. The fourth-order valence-electron chi connectivity index (χ4n) is 2.95. The highest BCUT2D eigenvalue weighted by Gasteiger charge is 2.10. The first-order chi connectivity index (χ1) is 15.1. The van der Waals surface area contributed by atoms with Gasteiger partial charge in [0.05, 0.1) is 17.9 Å². The van der Waals surface area contributed by atoms with Crippen LogP contribution in [0.15, 0.2) is 71.7 Å². The first-order valence-electron chi connectivity index (χ1n) is 10.5. The Morgan fingerprint density at radius 1 is 0.935 bits per heavy atom. The van der Waals surface area contributed by atoms with Crippen LogP contribution in [-0.2, 0) is 6.42 Å². The average molecular weight is 418 g/mol. The maximum Gasteiger partial charge on any atom is 0.343 e. The predicted octanol–water partition coefficient (Wildman–Crippen LogP) is 6.10. The number of rotatable bonds is 9. The highest BCUT2D eigenvalue weighted by atomic mass is 16.5. The maximum atomic E-state index is 12.3. The molecule has 0 saturated carbocycles. The molecule has 0 aliphatic rings. The number of carbonyl (C=O) groups excluding carboxylic acids is 1. The Balaban J connectivity index is 1.62. The van der Waals surface area contributed by atoms with E-state index in [1.54, 1.807) is 42.6 Å². The molecule has 0 aromatic heterocycles. The molecule has 5 nitrogen and oxygen atoms in total. The van der Waals surface area contributed by atoms with Crippen molar-refractivity contribution in [1.29, 1.82) is 0 Å². The maximum absolute atomic E-state index is 12.3. The Bertz CT molecular complexity index is 1020. The summed E-state index contributed by atoms with van der Waals surface area (Å²) < 4.78 is 10.9. The van der Waals surface area contributed by atoms with E-state index in [0.29, 0.717) is 23.5 Å². The molecule has 0 saturated heterocycles. The number of phenolic OH excluding ortho intramolecular Hbond substituents is 1. The van der Waals surface area contributed by atoms with Gasteiger partial charge >= 0.3 is 5.97 Å². The van der Waals surface area contributed by atoms with E-state index >= 15 is 0 Å². The number of hydrogen-bond donors (Lipinski definition) is 1. The molecule has 31 heavy (non-hydrogen) atoms. The van der Waals surface area contributed by atoms with Gasteiger partial charge in [-0.25, -0.2) is 4.79 Å². The van der Waals surface area contributed by atoms with Gasteiger partial charge in [-0.3, -0.25) is 4.99 Å². The van der Waals surface area contributed by atoms with Crippen LogP contribution in [0.2, 0.25) is 0 Å². The Labute approximate surface area is 183 Å². The van der Waals surface area contributed by atoms with Gasteiger partial charge in [-0.15, -0.1) is 0 Å². The van der Waals surface area contributed by atoms with Crippen molar-refractivity contribution in [2.24, 2.45) is 4.99 Å². The van der Waals surface area contributed by atoms with Crippen LogP contribution >= 0.6 is 0 Å². The lowest BCUT2D eigenvalue weighted by Crippen LogP contribution is -2.08. The number of esters is 1. The largest absolute Gasteiger partial charge is 0.507 e. The molecule has 160 valence electrons. The summed E-state index contributed by atoms with van der Waals surface area (Å²) in [6.45, 7) is 4.81. The number of hydrogen-bond acceptors (Lipinski definition) is 5. The molecule has 0 radical (unpaired) electrons. The molecule has 3 aromatic rings. The van der Waals surface area contributed by atoms with Gasteiger partial charge in [0.15, 0.2) is 0 Å². The van der Waals surface area contributed by atoms with E-state index in [9.17, 15) is 9.90 Å². The van der Waals surface area contributed by atoms with Crippen LogP contribution in [0.25, 0.3) is 0 Å². The number of aromatic hydroxyl groups is 1. The second-order valence-corrected chi connectivity index (χ2v) is 7.16. The Morgan fingerprint density at radius 3 is 2.29 bits per heavy atom. The van der Waals surface area contributed by atoms with Crippen molar-refractivity contribution in [1.82, 2.24) is 0 Å². The summed E-state index contributed by atoms with van der Waals surface area (Å²) in [6, 6.07) is 19.5. The number of phenols is 1. The van der Waals surface area contributed by atoms with Crippen LogP contribution in [0.5, 0.6) is 17.2 Å². The van der Waals surface area contributed by atoms with Crippen LogP contribution in [0.4, 0.5) is 5.69 Å². The average Bonchev–Trinajstić information content (AvgIpc) is 2.78. The predicted molar refractivity (Wildman–Crippen MR) is 123 cm³/mol. The Hall–Kier alpha value is -3.60. The molecule has 0 fully saturated rings. The van der Waals surface area contributed by atoms with Crippen LogP contribution in [-0.4, -0.2) is 23.9 Å². The summed E-state index contributed by atoms with van der Waals surface area (Å²) in [6.07, 6.45) is 4.65. The second kappa shape index (κ2) is 11.0. The molecule has 0 aliphatic heterocycles. The third kappa shape index (κ3) is 6.44. The molecule has 1 N–H and O–H groups in total. The third-order valence-electron chi connectivity index (χ3n) is 4.60. The molecule has 3 rings (SSSR count). The first kappa shape index (κ1) is 22.1. The van der Waals surface area contributed by atoms with Gasteiger partial charge in [-0.1, -0.05) is 32.4 Å². The number of ether oxygens (including phenoxy) is 2. The monoisotopic (exact) mass is 417 g/mol. The van der Waals surface area contributed by atoms with Crippen molar-refractivity contribution in [3.05, 3.63) is 83.4 Å². The highest BCUT2D eigenvalue weighted by molar-refractivity contribution is 5.91. The van der Waals surface area contributed by atoms with Crippen LogP contribution in [0.1, 0.15) is 48.2 Å². The van der Waals surface area contributed by atoms with E-state index in [1.165, 1.54) is 11.6 Å². The van der Waals surface area contributed by atoms with E-state index in [2.05, 4.69) is 24.0 Å². The van der Waals surface area contributed by atoms with Gasteiger partial charge in [-0.05, 0) is 66.9 Å². The zero-order valence-electron chi connectivity index (χ0n) is 17.9. The lowest BCUT2D eigenvalue weighted by molar-refractivity contribution is 0.0734. The minimum atomic E-state index is -0.505. The van der Waals surface area contributed by atoms with E-state index in [-0.39, 0.29) is 11.5 Å². The quantitative estimate of drug-likeness (QED) is 0.259. The number of aryl methyl sites for hydroxylation is 1. The van der Waals surface area contributed by atoms with Crippen molar-refractivity contribution < 1.29 is 19.4 Å². The molecule has 0 atom stereocenters. The van der Waals surface area contributed by atoms with Crippen molar-refractivity contribution in [3.8, 4) is 17.2 Å². The summed E-state index contributed by atoms with van der Waals surface area (Å²) in [4.78, 5) is 16.8. The van der Waals surface area contributed by atoms with E-state index in [0.717, 1.165) is 24.9 Å². The van der Waals surface area contributed by atoms with Crippen LogP contribution in [0.3, 0.4) is 0 Å². The van der Waals surface area contributed by atoms with Gasteiger partial charge < -0.3 is 14.6 Å². The molecular weight excluding hydrogens is 390 g/mol. The standard InChI is InChI=1S/C26H27NO4/c1-3-5-19-6-11-22(12-7-19)27-18-21-10-15-24(17-25(21)28)31-26(29)20-8-13-23(14-9-20)30-16-4-2/h6-15,17-18,28H,3-5,16H2,1-2H3. The topological polar surface area (TPSA) is 68.1 Å². The van der Waals surface area contributed by atoms with Gasteiger partial charge in [0.2, 0.25) is 0 Å². The molecule has 0 aliphatic carbocycles. The van der Waals surface area contributed by atoms with Crippen molar-refractivity contribution >= 4 is 17.9 Å². The van der Waals surface area contributed by atoms with Gasteiger partial charge in [0.25, 0.3) is 0 Å². The van der Waals surface area contributed by atoms with Crippen molar-refractivity contribution in [2.45, 2.75) is 33.1 Å². The van der Waals surface area contributed by atoms with Gasteiger partial charge in [-0.2, -0.15) is 0 Å². The summed E-state index contributed by atoms with van der Waals surface area (Å²) in [7, 11) is 0. The number of aliphatic imine (C=N–C) groups is 1. The second-order valence-electron chi connectivity index (χ2n) is 7.16. The zero-order chi connectivity index (χ0) is 22.1. The summed E-state index contributed by atoms with van der Waals surface area (Å²) >= 11 is 0. The van der Waals surface area contributed by atoms with E-state index < -0.39 is 5.97 Å². The molecule has 0 bridgehead atoms. The molecule has 0 spiro atoms. The summed E-state index contributed by atoms with van der Waals surface area (Å²) in [5.74, 6) is 0.449. The van der Waals surface area contributed by atoms with Crippen molar-refractivity contribution in [2.75, 3.05) is 6.61 Å². The first-order valence-corrected chi connectivity index (χ1v) is 10.5. The molecule has 0 unspecified atom stereocenters. The zero-order valence-corrected chi connectivity index (χ0v) is 17.9. The smallest absolute Gasteiger partial charge is 0.343 e. The number of nitrogens with zero attached hydrogens (tertiary/aromatic N) is 1. The normalized spacial score (nSPS) is 10.9. The molecule has 5 heteroatoms. The molecular formula is C26H27NO4. The third-order valence-corrected chi connectivity index (χ3v) is 4.60. The minimum absolute atomic E-state index is 0.0139. The summed E-state index contributed by atoms with van der Waals surface area (Å²) in [5.41, 5.74) is 3.02. The van der Waals surface area contributed by atoms with Gasteiger partial charge in [0.1, 0.15) is 17.2 Å². The Morgan fingerprint density at radius 2 is 1.65 bits per heavy atom. The SMILES string of the molecule is CCCOc1ccc(C(=O)Oc2ccc(C=Nc3ccc(CCC)cc3)c(O)c2)cc1. The fraction of sp³-hybridized carbons (Fsp3) is 0.231. The lowest BCUT2D eigenvalue weighted by Gasteiger charge is -2.08.